The lowest BCUT2D eigenvalue weighted by atomic mass is 9.83. The van der Waals surface area contributed by atoms with Gasteiger partial charge in [-0.05, 0) is 33.3 Å². The molecule has 2 aromatic rings. The molecule has 1 unspecified atom stereocenters. The number of nitrogens with one attached hydrogen (secondary N) is 1. The van der Waals surface area contributed by atoms with Crippen LogP contribution in [0.25, 0.3) is 11.0 Å². The third-order valence-corrected chi connectivity index (χ3v) is 6.59. The predicted octanol–water partition coefficient (Wildman–Crippen LogP) is 6.12. The first-order valence-electron chi connectivity index (χ1n) is 12.9. The number of hydrogen-bond donors (Lipinski definition) is 1. The van der Waals surface area contributed by atoms with Gasteiger partial charge in [0.15, 0.2) is 5.43 Å². The quantitative estimate of drug-likeness (QED) is 0.163. The van der Waals surface area contributed by atoms with Gasteiger partial charge in [-0.25, -0.2) is 4.79 Å². The van der Waals surface area contributed by atoms with E-state index in [1.165, 1.54) is 31.7 Å². The fourth-order valence-electron chi connectivity index (χ4n) is 4.86. The third-order valence-electron chi connectivity index (χ3n) is 6.59. The van der Waals surface area contributed by atoms with Crippen LogP contribution >= 0.6 is 0 Å². The molecule has 8 nitrogen and oxygen atoms in total. The number of allylic oxidation sites excluding steroid dienone is 3. The fourth-order valence-corrected chi connectivity index (χ4v) is 4.86. The van der Waals surface area contributed by atoms with Crippen LogP contribution in [0.15, 0.2) is 56.1 Å². The molecule has 0 radical (unpaired) electrons. The number of nitrogens with zero attached hydrogens (tertiary/aromatic N) is 1. The van der Waals surface area contributed by atoms with Gasteiger partial charge in [-0.15, -0.1) is 0 Å². The summed E-state index contributed by atoms with van der Waals surface area (Å²) in [5.74, 6) is -1.14. The number of nitro groups is 1. The summed E-state index contributed by atoms with van der Waals surface area (Å²) in [6.45, 7) is 7.29. The first kappa shape index (κ1) is 27.2. The number of carbonyl (C=O) groups excluding carboxylic acids is 1. The van der Waals surface area contributed by atoms with Gasteiger partial charge in [0.1, 0.15) is 17.3 Å². The molecule has 2 heterocycles. The molecule has 0 amide bonds. The highest BCUT2D eigenvalue weighted by Gasteiger charge is 2.42. The van der Waals surface area contributed by atoms with Crippen molar-refractivity contribution in [3.05, 3.63) is 78.6 Å². The van der Waals surface area contributed by atoms with E-state index in [9.17, 15) is 19.7 Å². The molecule has 0 fully saturated rings. The number of unbranched alkanes of at least 4 members (excludes halogenated alkanes) is 6. The first-order valence-corrected chi connectivity index (χ1v) is 12.9. The Morgan fingerprint density at radius 1 is 1.08 bits per heavy atom. The van der Waals surface area contributed by atoms with Crippen LogP contribution in [-0.2, 0) is 16.0 Å². The number of ether oxygens (including phenoxy) is 1. The van der Waals surface area contributed by atoms with E-state index in [2.05, 4.69) is 12.2 Å². The van der Waals surface area contributed by atoms with Gasteiger partial charge in [-0.3, -0.25) is 14.9 Å². The zero-order valence-electron chi connectivity index (χ0n) is 21.6. The number of esters is 1. The third kappa shape index (κ3) is 6.04. The summed E-state index contributed by atoms with van der Waals surface area (Å²) < 4.78 is 11.5. The smallest absolute Gasteiger partial charge is 0.336 e. The van der Waals surface area contributed by atoms with E-state index >= 15 is 0 Å². The van der Waals surface area contributed by atoms with E-state index in [-0.39, 0.29) is 28.9 Å². The van der Waals surface area contributed by atoms with Crippen LogP contribution in [0.2, 0.25) is 0 Å². The highest BCUT2D eigenvalue weighted by Crippen LogP contribution is 2.41. The van der Waals surface area contributed by atoms with E-state index in [0.29, 0.717) is 34.5 Å². The molecule has 36 heavy (non-hydrogen) atoms. The molecule has 0 spiro atoms. The number of benzene rings is 1. The van der Waals surface area contributed by atoms with Crippen molar-refractivity contribution < 1.29 is 18.9 Å². The average Bonchev–Trinajstić information content (AvgIpc) is 2.82. The lowest BCUT2D eigenvalue weighted by molar-refractivity contribution is -0.431. The Labute approximate surface area is 211 Å². The molecule has 8 heteroatoms. The van der Waals surface area contributed by atoms with Crippen molar-refractivity contribution >= 4 is 16.9 Å². The summed E-state index contributed by atoms with van der Waals surface area (Å²) in [6.07, 6.45) is 8.58. The van der Waals surface area contributed by atoms with Gasteiger partial charge in [0.05, 0.1) is 28.2 Å². The summed E-state index contributed by atoms with van der Waals surface area (Å²) in [7, 11) is 0. The van der Waals surface area contributed by atoms with Gasteiger partial charge in [0.25, 0.3) is 5.70 Å². The Bertz CT molecular complexity index is 1240. The lowest BCUT2D eigenvalue weighted by Gasteiger charge is -2.26. The molecule has 1 aliphatic rings. The molecular weight excluding hydrogens is 460 g/mol. The van der Waals surface area contributed by atoms with Crippen LogP contribution in [0.3, 0.4) is 0 Å². The van der Waals surface area contributed by atoms with E-state index in [0.717, 1.165) is 19.3 Å². The maximum absolute atomic E-state index is 13.0. The molecule has 1 atom stereocenters. The normalized spacial score (nSPS) is 15.8. The second kappa shape index (κ2) is 12.5. The summed E-state index contributed by atoms with van der Waals surface area (Å²) in [4.78, 5) is 37.6. The summed E-state index contributed by atoms with van der Waals surface area (Å²) >= 11 is 0. The molecule has 1 aromatic heterocycles. The minimum absolute atomic E-state index is 0.131. The van der Waals surface area contributed by atoms with Crippen LogP contribution in [0.4, 0.5) is 0 Å². The van der Waals surface area contributed by atoms with Crippen LogP contribution < -0.4 is 10.7 Å². The van der Waals surface area contributed by atoms with Gasteiger partial charge >= 0.3 is 5.97 Å². The monoisotopic (exact) mass is 496 g/mol. The van der Waals surface area contributed by atoms with Crippen molar-refractivity contribution in [3.63, 3.8) is 0 Å². The highest BCUT2D eigenvalue weighted by molar-refractivity contribution is 5.94. The van der Waals surface area contributed by atoms with E-state index in [1.54, 1.807) is 39.0 Å². The fraction of sp³-hybridized carbons (Fsp3) is 0.500. The topological polar surface area (TPSA) is 112 Å². The van der Waals surface area contributed by atoms with Gasteiger partial charge in [-0.1, -0.05) is 57.6 Å². The number of carbonyl (C=O) groups is 1. The Morgan fingerprint density at radius 3 is 2.44 bits per heavy atom. The number of fused-ring (bicyclic) bond motifs is 1. The number of dihydropyridines is 1. The van der Waals surface area contributed by atoms with Gasteiger partial charge in [0, 0.05) is 23.7 Å². The summed E-state index contributed by atoms with van der Waals surface area (Å²) in [5, 5.41) is 15.4. The molecule has 0 saturated carbocycles. The second-order valence-corrected chi connectivity index (χ2v) is 9.26. The van der Waals surface area contributed by atoms with Crippen molar-refractivity contribution in [2.75, 3.05) is 6.61 Å². The van der Waals surface area contributed by atoms with Gasteiger partial charge < -0.3 is 14.5 Å². The SMILES string of the molecule is CCCCCCCCCc1cc(=O)c2cccc(C3C(C(=O)OCC)=C(C)NC(C)=C3[N+](=O)[O-])c2o1. The van der Waals surface area contributed by atoms with Gasteiger partial charge in [0.2, 0.25) is 0 Å². The van der Waals surface area contributed by atoms with Crippen LogP contribution in [0.1, 0.15) is 89.9 Å². The molecule has 1 aromatic carbocycles. The van der Waals surface area contributed by atoms with Crippen LogP contribution in [0, 0.1) is 10.1 Å². The molecular formula is C28H36N2O6. The van der Waals surface area contributed by atoms with Crippen molar-refractivity contribution in [3.8, 4) is 0 Å². The van der Waals surface area contributed by atoms with Crippen LogP contribution in [-0.4, -0.2) is 17.5 Å². The molecule has 1 aliphatic heterocycles. The largest absolute Gasteiger partial charge is 0.463 e. The molecule has 0 bridgehead atoms. The highest BCUT2D eigenvalue weighted by atomic mass is 16.6. The first-order chi connectivity index (χ1) is 17.3. The summed E-state index contributed by atoms with van der Waals surface area (Å²) in [5.41, 5.74) is 1.25. The van der Waals surface area contributed by atoms with Crippen molar-refractivity contribution in [1.29, 1.82) is 0 Å². The van der Waals surface area contributed by atoms with Crippen LogP contribution in [0.5, 0.6) is 0 Å². The van der Waals surface area contributed by atoms with Crippen molar-refractivity contribution in [2.45, 2.75) is 85.0 Å². The Hall–Kier alpha value is -3.42. The number of rotatable bonds is 12. The average molecular weight is 497 g/mol. The Balaban J connectivity index is 2.04. The van der Waals surface area contributed by atoms with Gasteiger partial charge in [-0.2, -0.15) is 0 Å². The molecule has 0 aliphatic carbocycles. The number of aryl methyl sites for hydroxylation is 1. The zero-order valence-corrected chi connectivity index (χ0v) is 21.6. The number of hydrogen-bond acceptors (Lipinski definition) is 7. The maximum Gasteiger partial charge on any atom is 0.336 e. The maximum atomic E-state index is 13.0. The molecule has 0 saturated heterocycles. The van der Waals surface area contributed by atoms with E-state index < -0.39 is 16.8 Å². The predicted molar refractivity (Wildman–Crippen MR) is 139 cm³/mol. The van der Waals surface area contributed by atoms with Crippen molar-refractivity contribution in [2.24, 2.45) is 0 Å². The standard InChI is InChI=1S/C28H36N2O6/c1-5-7-8-9-10-11-12-14-20-17-23(31)21-15-13-16-22(27(21)36-20)25-24(28(32)35-6-2)18(3)29-19(4)26(25)30(33)34/h13,15-17,25,29H,5-12,14H2,1-4H3. The summed E-state index contributed by atoms with van der Waals surface area (Å²) in [6, 6.07) is 6.50. The van der Waals surface area contributed by atoms with E-state index in [1.807, 2.05) is 0 Å². The molecule has 1 N–H and O–H groups in total. The minimum Gasteiger partial charge on any atom is -0.463 e. The van der Waals surface area contributed by atoms with E-state index in [4.69, 9.17) is 9.15 Å². The lowest BCUT2D eigenvalue weighted by Crippen LogP contribution is -2.31. The number of para-hydroxylation sites is 1. The second-order valence-electron chi connectivity index (χ2n) is 9.26. The van der Waals surface area contributed by atoms with Crippen molar-refractivity contribution in [1.82, 2.24) is 5.32 Å². The molecule has 3 rings (SSSR count). The zero-order chi connectivity index (χ0) is 26.2. The Morgan fingerprint density at radius 2 is 1.78 bits per heavy atom. The Kier molecular flexibility index (Phi) is 9.44. The molecule has 194 valence electrons. The minimum atomic E-state index is -1.04.